The molecule has 3 heterocycles. The van der Waals surface area contributed by atoms with E-state index in [2.05, 4.69) is 25.9 Å². The number of carbonyl (C=O) groups is 4. The van der Waals surface area contributed by atoms with Crippen molar-refractivity contribution in [2.75, 3.05) is 33.4 Å². The van der Waals surface area contributed by atoms with E-state index in [4.69, 9.17) is 9.15 Å². The second-order valence-electron chi connectivity index (χ2n) is 9.65. The van der Waals surface area contributed by atoms with Crippen molar-refractivity contribution in [3.8, 4) is 0 Å². The molecule has 1 aliphatic rings. The molecule has 212 valence electrons. The number of ether oxygens (including phenoxy) is 1. The molecule has 3 N–H and O–H groups in total. The van der Waals surface area contributed by atoms with Crippen LogP contribution in [0, 0.1) is 5.92 Å². The first-order valence-electron chi connectivity index (χ1n) is 12.8. The second-order valence-corrected chi connectivity index (χ2v) is 10.5. The highest BCUT2D eigenvalue weighted by atomic mass is 32.1. The van der Waals surface area contributed by atoms with E-state index in [0.717, 1.165) is 5.56 Å². The molecule has 2 aromatic heterocycles. The molecule has 12 nitrogen and oxygen atoms in total. The number of fused-ring (bicyclic) bond motifs is 4. The molecule has 0 saturated carbocycles. The zero-order chi connectivity index (χ0) is 28.6. The van der Waals surface area contributed by atoms with E-state index >= 15 is 0 Å². The summed E-state index contributed by atoms with van der Waals surface area (Å²) in [6.07, 6.45) is 1.59. The Balaban J connectivity index is 1.67. The molecular formula is C27H32N6O6S. The molecule has 1 aromatic carbocycles. The predicted octanol–water partition coefficient (Wildman–Crippen LogP) is 1.88. The Hall–Kier alpha value is -4.10. The standard InChI is InChI=1S/C27H32N6O6S/c1-16(2)23-27-31-20(15-40-27)25(37)29-18(11-17-7-5-4-6-8-17)26-30-19(13-39-26)24(36)28-9-10-33(12-21(34)32-23)22(35)14-38-3/h4-8,13,15-16,18,23H,9-12,14H2,1-3H3,(H,28,36)(H,29,37)(H,32,34)/t18-,23-/m0/s1. The monoisotopic (exact) mass is 568 g/mol. The first-order chi connectivity index (χ1) is 19.2. The highest BCUT2D eigenvalue weighted by Crippen LogP contribution is 2.26. The number of nitrogens with zero attached hydrogens (tertiary/aromatic N) is 3. The first-order valence-corrected chi connectivity index (χ1v) is 13.7. The fourth-order valence-corrected chi connectivity index (χ4v) is 5.20. The summed E-state index contributed by atoms with van der Waals surface area (Å²) in [6, 6.07) is 8.35. The van der Waals surface area contributed by atoms with Crippen LogP contribution in [0.2, 0.25) is 0 Å². The van der Waals surface area contributed by atoms with Crippen LogP contribution < -0.4 is 16.0 Å². The van der Waals surface area contributed by atoms with E-state index < -0.39 is 35.7 Å². The number of benzene rings is 1. The third-order valence-corrected chi connectivity index (χ3v) is 7.19. The molecule has 0 spiro atoms. The number of thiazole rings is 1. The SMILES string of the molecule is COCC(=O)N1CCNC(=O)c2coc(n2)[C@H](Cc2ccccc2)NC(=O)c2csc(n2)[C@H](C(C)C)NC(=O)C1. The summed E-state index contributed by atoms with van der Waals surface area (Å²) in [5.74, 6) is -1.64. The fraction of sp³-hybridized carbons (Fsp3) is 0.407. The Labute approximate surface area is 235 Å². The van der Waals surface area contributed by atoms with Gasteiger partial charge in [0.15, 0.2) is 5.69 Å². The summed E-state index contributed by atoms with van der Waals surface area (Å²) in [6.45, 7) is 3.55. The van der Waals surface area contributed by atoms with Crippen LogP contribution in [0.1, 0.15) is 63.4 Å². The van der Waals surface area contributed by atoms with Crippen molar-refractivity contribution in [1.29, 1.82) is 0 Å². The Morgan fingerprint density at radius 1 is 1.12 bits per heavy atom. The molecule has 0 saturated heterocycles. The van der Waals surface area contributed by atoms with Gasteiger partial charge in [-0.1, -0.05) is 44.2 Å². The largest absolute Gasteiger partial charge is 0.446 e. The first kappa shape index (κ1) is 28.9. The van der Waals surface area contributed by atoms with Gasteiger partial charge in [-0.3, -0.25) is 19.2 Å². The highest BCUT2D eigenvalue weighted by molar-refractivity contribution is 7.09. The fourth-order valence-electron chi connectivity index (χ4n) is 4.18. The molecule has 0 radical (unpaired) electrons. The summed E-state index contributed by atoms with van der Waals surface area (Å²) in [4.78, 5) is 61.9. The van der Waals surface area contributed by atoms with Gasteiger partial charge in [0, 0.05) is 32.0 Å². The van der Waals surface area contributed by atoms with Crippen molar-refractivity contribution >= 4 is 35.0 Å². The van der Waals surface area contributed by atoms with E-state index in [9.17, 15) is 19.2 Å². The number of aromatic nitrogens is 2. The zero-order valence-electron chi connectivity index (χ0n) is 22.5. The van der Waals surface area contributed by atoms with Crippen molar-refractivity contribution in [3.63, 3.8) is 0 Å². The molecule has 0 aliphatic carbocycles. The number of amides is 4. The van der Waals surface area contributed by atoms with Crippen LogP contribution in [0.15, 0.2) is 46.4 Å². The number of hydrogen-bond acceptors (Lipinski definition) is 9. The summed E-state index contributed by atoms with van der Waals surface area (Å²) < 4.78 is 10.6. The minimum atomic E-state index is -0.678. The average Bonchev–Trinajstić information content (AvgIpc) is 3.62. The van der Waals surface area contributed by atoms with Crippen LogP contribution >= 0.6 is 11.3 Å². The van der Waals surface area contributed by atoms with E-state index in [0.29, 0.717) is 11.4 Å². The maximum atomic E-state index is 13.3. The van der Waals surface area contributed by atoms with Crippen molar-refractivity contribution in [2.45, 2.75) is 32.4 Å². The molecule has 4 amide bonds. The maximum absolute atomic E-state index is 13.3. The minimum Gasteiger partial charge on any atom is -0.446 e. The van der Waals surface area contributed by atoms with E-state index in [1.807, 2.05) is 44.2 Å². The molecule has 4 rings (SSSR count). The molecule has 3 aromatic rings. The molecule has 40 heavy (non-hydrogen) atoms. The normalized spacial score (nSPS) is 18.9. The van der Waals surface area contributed by atoms with Crippen molar-refractivity contribution < 1.29 is 28.3 Å². The van der Waals surface area contributed by atoms with Gasteiger partial charge in [0.25, 0.3) is 11.8 Å². The maximum Gasteiger partial charge on any atom is 0.273 e. The number of rotatable bonds is 5. The van der Waals surface area contributed by atoms with Crippen LogP contribution in [0.3, 0.4) is 0 Å². The number of nitrogens with one attached hydrogen (secondary N) is 3. The lowest BCUT2D eigenvalue weighted by atomic mass is 10.0. The summed E-state index contributed by atoms with van der Waals surface area (Å²) in [5.41, 5.74) is 1.13. The quantitative estimate of drug-likeness (QED) is 0.421. The topological polar surface area (TPSA) is 156 Å². The van der Waals surface area contributed by atoms with Crippen molar-refractivity contribution in [3.05, 3.63) is 69.8 Å². The molecule has 0 unspecified atom stereocenters. The van der Waals surface area contributed by atoms with Crippen LogP contribution in [-0.2, 0) is 20.7 Å². The number of oxazole rings is 1. The van der Waals surface area contributed by atoms with Gasteiger partial charge >= 0.3 is 0 Å². The smallest absolute Gasteiger partial charge is 0.273 e. The van der Waals surface area contributed by atoms with Gasteiger partial charge in [-0.05, 0) is 11.5 Å². The Morgan fingerprint density at radius 2 is 1.90 bits per heavy atom. The van der Waals surface area contributed by atoms with Crippen LogP contribution in [-0.4, -0.2) is 71.8 Å². The average molecular weight is 569 g/mol. The molecule has 4 bridgehead atoms. The lowest BCUT2D eigenvalue weighted by Crippen LogP contribution is -2.46. The van der Waals surface area contributed by atoms with Crippen LogP contribution in [0.4, 0.5) is 0 Å². The Kier molecular flexibility index (Phi) is 9.61. The summed E-state index contributed by atoms with van der Waals surface area (Å²) >= 11 is 1.26. The van der Waals surface area contributed by atoms with E-state index in [1.165, 1.54) is 29.6 Å². The highest BCUT2D eigenvalue weighted by Gasteiger charge is 2.28. The molecule has 1 aliphatic heterocycles. The Bertz CT molecular complexity index is 1340. The van der Waals surface area contributed by atoms with Gasteiger partial charge in [0.05, 0.1) is 12.6 Å². The van der Waals surface area contributed by atoms with Gasteiger partial charge < -0.3 is 30.0 Å². The van der Waals surface area contributed by atoms with Crippen LogP contribution in [0.5, 0.6) is 0 Å². The van der Waals surface area contributed by atoms with Gasteiger partial charge in [0.1, 0.15) is 29.6 Å². The zero-order valence-corrected chi connectivity index (χ0v) is 23.3. The lowest BCUT2D eigenvalue weighted by molar-refractivity contribution is -0.139. The van der Waals surface area contributed by atoms with Crippen molar-refractivity contribution in [1.82, 2.24) is 30.8 Å². The third kappa shape index (κ3) is 7.30. The molecular weight excluding hydrogens is 536 g/mol. The molecule has 2 atom stereocenters. The second kappa shape index (κ2) is 13.3. The number of hydrogen-bond donors (Lipinski definition) is 3. The predicted molar refractivity (Wildman–Crippen MR) is 145 cm³/mol. The van der Waals surface area contributed by atoms with Crippen LogP contribution in [0.25, 0.3) is 0 Å². The molecule has 13 heteroatoms. The van der Waals surface area contributed by atoms with Gasteiger partial charge in [-0.2, -0.15) is 0 Å². The minimum absolute atomic E-state index is 0.0201. The van der Waals surface area contributed by atoms with Gasteiger partial charge in [0.2, 0.25) is 17.7 Å². The van der Waals surface area contributed by atoms with E-state index in [-0.39, 0.29) is 49.4 Å². The lowest BCUT2D eigenvalue weighted by Gasteiger charge is -2.25. The number of methoxy groups -OCH3 is 1. The number of carbonyl (C=O) groups excluding carboxylic acids is 4. The van der Waals surface area contributed by atoms with Gasteiger partial charge in [-0.15, -0.1) is 11.3 Å². The van der Waals surface area contributed by atoms with Crippen molar-refractivity contribution in [2.24, 2.45) is 5.92 Å². The summed E-state index contributed by atoms with van der Waals surface area (Å²) in [7, 11) is 1.39. The van der Waals surface area contributed by atoms with Gasteiger partial charge in [-0.25, -0.2) is 9.97 Å². The Morgan fingerprint density at radius 3 is 2.62 bits per heavy atom. The molecule has 0 fully saturated rings. The van der Waals surface area contributed by atoms with E-state index in [1.54, 1.807) is 5.38 Å². The third-order valence-electron chi connectivity index (χ3n) is 6.27. The summed E-state index contributed by atoms with van der Waals surface area (Å²) in [5, 5.41) is 10.8.